The van der Waals surface area contributed by atoms with Gasteiger partial charge in [0.25, 0.3) is 0 Å². The lowest BCUT2D eigenvalue weighted by Gasteiger charge is -2.13. The van der Waals surface area contributed by atoms with Crippen LogP contribution in [0.25, 0.3) is 6.08 Å². The van der Waals surface area contributed by atoms with Gasteiger partial charge in [0.2, 0.25) is 5.91 Å². The lowest BCUT2D eigenvalue weighted by atomic mass is 10.2. The Labute approximate surface area is 177 Å². The molecule has 3 aromatic carbocycles. The number of ether oxygens (including phenoxy) is 2. The second-order valence-electron chi connectivity index (χ2n) is 6.14. The van der Waals surface area contributed by atoms with Crippen molar-refractivity contribution in [3.63, 3.8) is 0 Å². The van der Waals surface area contributed by atoms with Gasteiger partial charge in [-0.15, -0.1) is 0 Å². The number of methoxy groups -OCH3 is 1. The molecule has 1 N–H and O–H groups in total. The smallest absolute Gasteiger partial charge is 0.248 e. The summed E-state index contributed by atoms with van der Waals surface area (Å²) in [6.07, 6.45) is 3.01. The molecule has 0 heterocycles. The summed E-state index contributed by atoms with van der Waals surface area (Å²) in [7, 11) is 1.56. The lowest BCUT2D eigenvalue weighted by Crippen LogP contribution is -2.07. The molecule has 6 heteroatoms. The van der Waals surface area contributed by atoms with Gasteiger partial charge >= 0.3 is 0 Å². The normalized spacial score (nSPS) is 10.7. The lowest BCUT2D eigenvalue weighted by molar-refractivity contribution is -0.111. The van der Waals surface area contributed by atoms with Crippen molar-refractivity contribution in [2.75, 3.05) is 12.4 Å². The third kappa shape index (κ3) is 5.93. The summed E-state index contributed by atoms with van der Waals surface area (Å²) in [5.74, 6) is 0.347. The minimum absolute atomic E-state index is 0.366. The minimum Gasteiger partial charge on any atom is -0.493 e. The Morgan fingerprint density at radius 1 is 1.10 bits per heavy atom. The minimum atomic E-state index is -0.411. The van der Waals surface area contributed by atoms with Crippen molar-refractivity contribution in [3.8, 4) is 11.5 Å². The number of nitrogens with one attached hydrogen (secondary N) is 1. The summed E-state index contributed by atoms with van der Waals surface area (Å²) in [6, 6.07) is 19.1. The van der Waals surface area contributed by atoms with Gasteiger partial charge in [0, 0.05) is 11.8 Å². The van der Waals surface area contributed by atoms with E-state index in [9.17, 15) is 9.18 Å². The number of carbonyl (C=O) groups excluding carboxylic acids is 1. The number of anilines is 1. The van der Waals surface area contributed by atoms with Crippen molar-refractivity contribution in [3.05, 3.63) is 94.2 Å². The van der Waals surface area contributed by atoms with Gasteiger partial charge in [0.05, 0.1) is 11.6 Å². The van der Waals surface area contributed by atoms with Crippen LogP contribution in [-0.2, 0) is 11.4 Å². The molecule has 148 valence electrons. The summed E-state index contributed by atoms with van der Waals surface area (Å²) in [4.78, 5) is 12.1. The first-order valence-corrected chi connectivity index (χ1v) is 9.63. The molecule has 0 aliphatic carbocycles. The van der Waals surface area contributed by atoms with Crippen LogP contribution in [-0.4, -0.2) is 13.0 Å². The van der Waals surface area contributed by atoms with Gasteiger partial charge in [-0.2, -0.15) is 0 Å². The molecule has 29 heavy (non-hydrogen) atoms. The highest BCUT2D eigenvalue weighted by Crippen LogP contribution is 2.37. The fourth-order valence-corrected chi connectivity index (χ4v) is 3.20. The van der Waals surface area contributed by atoms with E-state index in [2.05, 4.69) is 21.2 Å². The van der Waals surface area contributed by atoms with Crippen LogP contribution in [0.2, 0.25) is 0 Å². The summed E-state index contributed by atoms with van der Waals surface area (Å²) < 4.78 is 25.3. The molecule has 0 saturated heterocycles. The van der Waals surface area contributed by atoms with Crippen LogP contribution in [0, 0.1) is 5.82 Å². The zero-order chi connectivity index (χ0) is 20.6. The Hall–Kier alpha value is -3.12. The van der Waals surface area contributed by atoms with Gasteiger partial charge in [-0.1, -0.05) is 36.4 Å². The summed E-state index contributed by atoms with van der Waals surface area (Å²) in [5.41, 5.74) is 2.18. The molecule has 3 aromatic rings. The molecule has 0 atom stereocenters. The molecular weight excluding hydrogens is 437 g/mol. The molecule has 0 aliphatic rings. The van der Waals surface area contributed by atoms with Gasteiger partial charge in [-0.05, 0) is 63.5 Å². The Kier molecular flexibility index (Phi) is 7.03. The van der Waals surface area contributed by atoms with E-state index in [1.807, 2.05) is 36.4 Å². The predicted molar refractivity (Wildman–Crippen MR) is 116 cm³/mol. The third-order valence-electron chi connectivity index (χ3n) is 4.00. The van der Waals surface area contributed by atoms with Crippen molar-refractivity contribution >= 4 is 33.6 Å². The molecule has 1 amide bonds. The molecule has 0 spiro atoms. The fraction of sp³-hybridized carbons (Fsp3) is 0.0870. The van der Waals surface area contributed by atoms with Crippen molar-refractivity contribution < 1.29 is 18.7 Å². The van der Waals surface area contributed by atoms with Crippen LogP contribution in [0.15, 0.2) is 77.3 Å². The molecule has 4 nitrogen and oxygen atoms in total. The quantitative estimate of drug-likeness (QED) is 0.456. The van der Waals surface area contributed by atoms with Crippen molar-refractivity contribution in [1.82, 2.24) is 0 Å². The first kappa shape index (κ1) is 20.6. The van der Waals surface area contributed by atoms with E-state index in [4.69, 9.17) is 9.47 Å². The third-order valence-corrected chi connectivity index (χ3v) is 4.59. The van der Waals surface area contributed by atoms with E-state index in [1.165, 1.54) is 24.3 Å². The fourth-order valence-electron chi connectivity index (χ4n) is 2.63. The number of halogens is 2. The SMILES string of the molecule is COc1cc(C=CC(=O)Nc2cccc(F)c2)cc(Br)c1OCc1ccccc1. The Morgan fingerprint density at radius 3 is 2.62 bits per heavy atom. The highest BCUT2D eigenvalue weighted by Gasteiger charge is 2.11. The van der Waals surface area contributed by atoms with E-state index in [1.54, 1.807) is 25.3 Å². The number of hydrogen-bond acceptors (Lipinski definition) is 3. The van der Waals surface area contributed by atoms with Crippen molar-refractivity contribution in [2.45, 2.75) is 6.61 Å². The van der Waals surface area contributed by atoms with E-state index in [0.29, 0.717) is 28.3 Å². The molecule has 0 saturated carbocycles. The molecule has 0 aromatic heterocycles. The monoisotopic (exact) mass is 455 g/mol. The summed E-state index contributed by atoms with van der Waals surface area (Å²) in [6.45, 7) is 0.404. The molecular formula is C23H19BrFNO3. The van der Waals surface area contributed by atoms with Crippen molar-refractivity contribution in [1.29, 1.82) is 0 Å². The Morgan fingerprint density at radius 2 is 1.90 bits per heavy atom. The molecule has 0 aliphatic heterocycles. The van der Waals surface area contributed by atoms with Gasteiger partial charge < -0.3 is 14.8 Å². The van der Waals surface area contributed by atoms with Crippen LogP contribution >= 0.6 is 15.9 Å². The Balaban J connectivity index is 1.70. The van der Waals surface area contributed by atoms with Crippen molar-refractivity contribution in [2.24, 2.45) is 0 Å². The highest BCUT2D eigenvalue weighted by molar-refractivity contribution is 9.10. The van der Waals surface area contributed by atoms with E-state index in [0.717, 1.165) is 11.1 Å². The zero-order valence-corrected chi connectivity index (χ0v) is 17.3. The van der Waals surface area contributed by atoms with Crippen LogP contribution in [0.4, 0.5) is 10.1 Å². The predicted octanol–water partition coefficient (Wildman–Crippen LogP) is 5.83. The maximum absolute atomic E-state index is 13.2. The van der Waals surface area contributed by atoms with Crippen LogP contribution in [0.3, 0.4) is 0 Å². The number of carbonyl (C=O) groups is 1. The molecule has 0 fully saturated rings. The first-order valence-electron chi connectivity index (χ1n) is 8.84. The molecule has 0 unspecified atom stereocenters. The second-order valence-corrected chi connectivity index (χ2v) is 7.00. The van der Waals surface area contributed by atoms with E-state index in [-0.39, 0.29) is 5.91 Å². The number of hydrogen-bond donors (Lipinski definition) is 1. The van der Waals surface area contributed by atoms with Crippen LogP contribution in [0.1, 0.15) is 11.1 Å². The average molecular weight is 456 g/mol. The number of amides is 1. The van der Waals surface area contributed by atoms with Crippen LogP contribution < -0.4 is 14.8 Å². The maximum atomic E-state index is 13.2. The molecule has 3 rings (SSSR count). The zero-order valence-electron chi connectivity index (χ0n) is 15.7. The Bertz CT molecular complexity index is 1020. The topological polar surface area (TPSA) is 47.6 Å². The molecule has 0 radical (unpaired) electrons. The standard InChI is InChI=1S/C23H19BrFNO3/c1-28-21-13-17(10-11-22(27)26-19-9-5-8-18(25)14-19)12-20(24)23(21)29-15-16-6-3-2-4-7-16/h2-14H,15H2,1H3,(H,26,27). The van der Waals surface area contributed by atoms with Gasteiger partial charge in [0.1, 0.15) is 12.4 Å². The maximum Gasteiger partial charge on any atom is 0.248 e. The summed E-state index contributed by atoms with van der Waals surface area (Å²) >= 11 is 3.50. The first-order chi connectivity index (χ1) is 14.0. The average Bonchev–Trinajstić information content (AvgIpc) is 2.72. The van der Waals surface area contributed by atoms with Gasteiger partial charge in [-0.3, -0.25) is 4.79 Å². The van der Waals surface area contributed by atoms with E-state index < -0.39 is 5.82 Å². The second kappa shape index (κ2) is 9.89. The largest absolute Gasteiger partial charge is 0.493 e. The highest BCUT2D eigenvalue weighted by atomic mass is 79.9. The van der Waals surface area contributed by atoms with Crippen LogP contribution in [0.5, 0.6) is 11.5 Å². The van der Waals surface area contributed by atoms with Gasteiger partial charge in [0.15, 0.2) is 11.5 Å². The van der Waals surface area contributed by atoms with Gasteiger partial charge in [-0.25, -0.2) is 4.39 Å². The molecule has 0 bridgehead atoms. The number of rotatable bonds is 7. The number of benzene rings is 3. The summed E-state index contributed by atoms with van der Waals surface area (Å²) in [5, 5.41) is 2.61. The van der Waals surface area contributed by atoms with E-state index >= 15 is 0 Å².